The molecular weight excluding hydrogens is 256 g/mol. The molecule has 0 aliphatic rings. The van der Waals surface area contributed by atoms with Gasteiger partial charge in [0.05, 0.1) is 6.54 Å². The molecule has 4 heteroatoms. The Kier molecular flexibility index (Phi) is 7.24. The molecule has 0 bridgehead atoms. The molecule has 0 fully saturated rings. The maximum atomic E-state index is 12.1. The second kappa shape index (κ2) is 8.73. The Hall–Kier alpha value is -1.31. The number of unbranched alkanes of at least 4 members (excludes halogenated alkanes) is 2. The van der Waals surface area contributed by atoms with E-state index in [1.54, 1.807) is 0 Å². The molecular formula is C15H22N2OS. The minimum atomic E-state index is -0.0275. The third-order valence-electron chi connectivity index (χ3n) is 2.81. The van der Waals surface area contributed by atoms with Crippen molar-refractivity contribution in [3.8, 4) is 11.8 Å². The molecule has 0 saturated heterocycles. The van der Waals surface area contributed by atoms with Crippen LogP contribution < -0.4 is 11.1 Å². The summed E-state index contributed by atoms with van der Waals surface area (Å²) in [5, 5.41) is 4.92. The second-order valence-electron chi connectivity index (χ2n) is 4.54. The summed E-state index contributed by atoms with van der Waals surface area (Å²) < 4.78 is 0. The fourth-order valence-electron chi connectivity index (χ4n) is 1.79. The lowest BCUT2D eigenvalue weighted by Crippen LogP contribution is -2.32. The minimum absolute atomic E-state index is 0.0275. The molecule has 0 radical (unpaired) electrons. The summed E-state index contributed by atoms with van der Waals surface area (Å²) >= 11 is 1.42. The van der Waals surface area contributed by atoms with Crippen molar-refractivity contribution in [2.24, 2.45) is 5.73 Å². The van der Waals surface area contributed by atoms with Crippen molar-refractivity contribution in [1.29, 1.82) is 0 Å². The van der Waals surface area contributed by atoms with Crippen LogP contribution in [-0.4, -0.2) is 18.5 Å². The normalized spacial score (nSPS) is 11.5. The quantitative estimate of drug-likeness (QED) is 0.621. The third-order valence-corrected chi connectivity index (χ3v) is 3.73. The van der Waals surface area contributed by atoms with Gasteiger partial charge in [-0.25, -0.2) is 0 Å². The van der Waals surface area contributed by atoms with Gasteiger partial charge in [-0.15, -0.1) is 11.3 Å². The van der Waals surface area contributed by atoms with Gasteiger partial charge in [-0.1, -0.05) is 38.0 Å². The van der Waals surface area contributed by atoms with E-state index in [1.807, 2.05) is 18.4 Å². The lowest BCUT2D eigenvalue weighted by Gasteiger charge is -2.13. The summed E-state index contributed by atoms with van der Waals surface area (Å²) in [5.74, 6) is 5.69. The van der Waals surface area contributed by atoms with Crippen LogP contribution in [0.2, 0.25) is 0 Å². The van der Waals surface area contributed by atoms with Crippen LogP contribution in [-0.2, 0) is 0 Å². The first kappa shape index (κ1) is 15.7. The zero-order valence-electron chi connectivity index (χ0n) is 11.7. The summed E-state index contributed by atoms with van der Waals surface area (Å²) in [4.78, 5) is 12.8. The molecule has 1 amide bonds. The van der Waals surface area contributed by atoms with Crippen LogP contribution in [0.1, 0.15) is 54.8 Å². The molecule has 19 heavy (non-hydrogen) atoms. The molecule has 3 nitrogen and oxygen atoms in total. The van der Waals surface area contributed by atoms with Crippen LogP contribution >= 0.6 is 11.3 Å². The van der Waals surface area contributed by atoms with Gasteiger partial charge in [0.2, 0.25) is 0 Å². The Balaban J connectivity index is 2.56. The Morgan fingerprint density at radius 2 is 2.32 bits per heavy atom. The minimum Gasteiger partial charge on any atom is -0.349 e. The third kappa shape index (κ3) is 5.46. The number of carbonyl (C=O) groups is 1. The average Bonchev–Trinajstić information content (AvgIpc) is 2.85. The predicted molar refractivity (Wildman–Crippen MR) is 81.3 cm³/mol. The van der Waals surface area contributed by atoms with E-state index in [4.69, 9.17) is 5.73 Å². The fraction of sp³-hybridized carbons (Fsp3) is 0.533. The molecule has 1 unspecified atom stereocenters. The van der Waals surface area contributed by atoms with Crippen molar-refractivity contribution in [1.82, 2.24) is 5.32 Å². The van der Waals surface area contributed by atoms with Gasteiger partial charge in [-0.05, 0) is 24.8 Å². The molecule has 1 atom stereocenters. The zero-order valence-corrected chi connectivity index (χ0v) is 12.5. The number of hydrogen-bond acceptors (Lipinski definition) is 3. The van der Waals surface area contributed by atoms with E-state index in [9.17, 15) is 4.79 Å². The summed E-state index contributed by atoms with van der Waals surface area (Å²) in [6.07, 6.45) is 4.59. The monoisotopic (exact) mass is 278 g/mol. The van der Waals surface area contributed by atoms with Crippen molar-refractivity contribution < 1.29 is 4.79 Å². The molecule has 1 aromatic rings. The van der Waals surface area contributed by atoms with Gasteiger partial charge in [-0.3, -0.25) is 4.79 Å². The van der Waals surface area contributed by atoms with Gasteiger partial charge >= 0.3 is 0 Å². The van der Waals surface area contributed by atoms with E-state index in [1.165, 1.54) is 24.2 Å². The number of nitrogens with one attached hydrogen (secondary N) is 1. The molecule has 0 saturated carbocycles. The van der Waals surface area contributed by atoms with E-state index in [0.29, 0.717) is 11.4 Å². The molecule has 1 heterocycles. The average molecular weight is 278 g/mol. The molecule has 0 aliphatic heterocycles. The molecule has 0 aliphatic carbocycles. The molecule has 0 aromatic carbocycles. The highest BCUT2D eigenvalue weighted by Crippen LogP contribution is 2.16. The largest absolute Gasteiger partial charge is 0.349 e. The van der Waals surface area contributed by atoms with E-state index in [-0.39, 0.29) is 11.9 Å². The summed E-state index contributed by atoms with van der Waals surface area (Å²) in [7, 11) is 0. The van der Waals surface area contributed by atoms with Gasteiger partial charge in [0.25, 0.3) is 5.91 Å². The molecule has 3 N–H and O–H groups in total. The van der Waals surface area contributed by atoms with Gasteiger partial charge in [0, 0.05) is 11.6 Å². The van der Waals surface area contributed by atoms with Crippen molar-refractivity contribution in [2.75, 3.05) is 6.54 Å². The summed E-state index contributed by atoms with van der Waals surface area (Å²) in [5.41, 5.74) is 6.12. The van der Waals surface area contributed by atoms with Crippen LogP contribution in [0, 0.1) is 11.8 Å². The topological polar surface area (TPSA) is 55.1 Å². The first-order valence-corrected chi connectivity index (χ1v) is 7.64. The molecule has 1 aromatic heterocycles. The Morgan fingerprint density at radius 3 is 3.00 bits per heavy atom. The van der Waals surface area contributed by atoms with Crippen LogP contribution in [0.25, 0.3) is 0 Å². The zero-order chi connectivity index (χ0) is 14.1. The van der Waals surface area contributed by atoms with Crippen LogP contribution in [0.3, 0.4) is 0 Å². The highest BCUT2D eigenvalue weighted by atomic mass is 32.1. The number of amides is 1. The lowest BCUT2D eigenvalue weighted by molar-refractivity contribution is 0.0942. The van der Waals surface area contributed by atoms with Crippen LogP contribution in [0.4, 0.5) is 0 Å². The van der Waals surface area contributed by atoms with Crippen LogP contribution in [0.15, 0.2) is 11.4 Å². The Bertz CT molecular complexity index is 456. The lowest BCUT2D eigenvalue weighted by atomic mass is 10.1. The Morgan fingerprint density at radius 1 is 1.53 bits per heavy atom. The van der Waals surface area contributed by atoms with Crippen LogP contribution in [0.5, 0.6) is 0 Å². The first-order chi connectivity index (χ1) is 9.19. The predicted octanol–water partition coefficient (Wildman–Crippen LogP) is 2.76. The standard InChI is InChI=1S/C15H22N2OS/c1-3-4-5-7-12(2)17-15(18)14-13(8-6-10-16)9-11-19-14/h9,11-12H,3-5,7,10,16H2,1-2H3,(H,17,18). The SMILES string of the molecule is CCCCCC(C)NC(=O)c1sccc1C#CCN. The van der Waals surface area contributed by atoms with Crippen molar-refractivity contribution in [3.05, 3.63) is 21.9 Å². The van der Waals surface area contributed by atoms with Crippen molar-refractivity contribution in [3.63, 3.8) is 0 Å². The number of nitrogens with two attached hydrogens (primary N) is 1. The van der Waals surface area contributed by atoms with Gasteiger partial charge in [0.1, 0.15) is 4.88 Å². The van der Waals surface area contributed by atoms with Gasteiger partial charge < -0.3 is 11.1 Å². The molecule has 0 spiro atoms. The Labute approximate surface area is 119 Å². The number of thiophene rings is 1. The van der Waals surface area contributed by atoms with Gasteiger partial charge in [-0.2, -0.15) is 0 Å². The van der Waals surface area contributed by atoms with Crippen molar-refractivity contribution >= 4 is 17.2 Å². The first-order valence-electron chi connectivity index (χ1n) is 6.76. The fourth-order valence-corrected chi connectivity index (χ4v) is 2.54. The smallest absolute Gasteiger partial charge is 0.262 e. The highest BCUT2D eigenvalue weighted by Gasteiger charge is 2.14. The molecule has 104 valence electrons. The van der Waals surface area contributed by atoms with E-state index >= 15 is 0 Å². The van der Waals surface area contributed by atoms with E-state index in [2.05, 4.69) is 24.1 Å². The van der Waals surface area contributed by atoms with E-state index < -0.39 is 0 Å². The molecule has 1 rings (SSSR count). The number of carbonyl (C=O) groups excluding carboxylic acids is 1. The summed E-state index contributed by atoms with van der Waals surface area (Å²) in [6.45, 7) is 4.54. The highest BCUT2D eigenvalue weighted by molar-refractivity contribution is 7.12. The number of hydrogen-bond donors (Lipinski definition) is 2. The maximum Gasteiger partial charge on any atom is 0.262 e. The second-order valence-corrected chi connectivity index (χ2v) is 5.46. The number of rotatable bonds is 6. The summed E-state index contributed by atoms with van der Waals surface area (Å²) in [6, 6.07) is 2.07. The van der Waals surface area contributed by atoms with Crippen molar-refractivity contribution in [2.45, 2.75) is 45.6 Å². The van der Waals surface area contributed by atoms with Gasteiger partial charge in [0.15, 0.2) is 0 Å². The maximum absolute atomic E-state index is 12.1. The van der Waals surface area contributed by atoms with E-state index in [0.717, 1.165) is 18.4 Å².